The molecule has 2 N–H and O–H groups in total. The van der Waals surface area contributed by atoms with Gasteiger partial charge in [0.05, 0.1) is 36.2 Å². The van der Waals surface area contributed by atoms with Crippen LogP contribution in [0.1, 0.15) is 41.5 Å². The molecule has 7 heteroatoms. The summed E-state index contributed by atoms with van der Waals surface area (Å²) < 4.78 is 0. The average Bonchev–Trinajstić information content (AvgIpc) is 3.17. The zero-order valence-corrected chi connectivity index (χ0v) is 13.8. The molecule has 0 saturated carbocycles. The first-order valence-corrected chi connectivity index (χ1v) is 7.89. The number of aromatic amines is 1. The Morgan fingerprint density at radius 2 is 2.26 bits per heavy atom. The average molecular weight is 314 g/mol. The minimum atomic E-state index is 0.0100. The third kappa shape index (κ3) is 3.04. The van der Waals surface area contributed by atoms with Gasteiger partial charge in [-0.1, -0.05) is 0 Å². The Balaban J connectivity index is 1.79. The van der Waals surface area contributed by atoms with Gasteiger partial charge in [-0.2, -0.15) is 5.10 Å². The summed E-state index contributed by atoms with van der Waals surface area (Å²) in [5.74, 6) is 0.847. The molecule has 1 atom stereocenters. The molecule has 0 spiro atoms. The van der Waals surface area contributed by atoms with Crippen LogP contribution in [0.3, 0.4) is 0 Å². The van der Waals surface area contributed by atoms with E-state index >= 15 is 0 Å². The van der Waals surface area contributed by atoms with Crippen LogP contribution >= 0.6 is 0 Å². The minimum Gasteiger partial charge on any atom is -0.372 e. The fourth-order valence-electron chi connectivity index (χ4n) is 3.12. The van der Waals surface area contributed by atoms with E-state index in [1.807, 2.05) is 25.8 Å². The standard InChI is InChI=1S/C16H22N6O/c1-10-12(11(2)21-20-10)7-16(23)22-6-4-5-14(22)13-8-18-9-15(17-3)19-13/h8-9,14H,4-7H2,1-3H3,(H,17,19)(H,20,21)/t14-/m1/s1. The molecule has 1 fully saturated rings. The quantitative estimate of drug-likeness (QED) is 0.898. The van der Waals surface area contributed by atoms with Crippen LogP contribution in [0.25, 0.3) is 0 Å². The van der Waals surface area contributed by atoms with Crippen molar-refractivity contribution in [3.63, 3.8) is 0 Å². The van der Waals surface area contributed by atoms with Gasteiger partial charge in [0.2, 0.25) is 5.91 Å². The third-order valence-corrected chi connectivity index (χ3v) is 4.43. The molecular weight excluding hydrogens is 292 g/mol. The lowest BCUT2D eigenvalue weighted by Gasteiger charge is -2.24. The number of nitrogens with one attached hydrogen (secondary N) is 2. The summed E-state index contributed by atoms with van der Waals surface area (Å²) in [6.45, 7) is 4.65. The van der Waals surface area contributed by atoms with Crippen molar-refractivity contribution in [3.05, 3.63) is 35.0 Å². The topological polar surface area (TPSA) is 86.8 Å². The highest BCUT2D eigenvalue weighted by Crippen LogP contribution is 2.31. The Labute approximate surface area is 135 Å². The minimum absolute atomic E-state index is 0.0100. The molecule has 0 unspecified atom stereocenters. The molecular formula is C16H22N6O. The molecule has 2 aromatic rings. The third-order valence-electron chi connectivity index (χ3n) is 4.43. The fourth-order valence-corrected chi connectivity index (χ4v) is 3.12. The van der Waals surface area contributed by atoms with Crippen LogP contribution in [0.4, 0.5) is 5.82 Å². The van der Waals surface area contributed by atoms with E-state index in [1.54, 1.807) is 12.4 Å². The van der Waals surface area contributed by atoms with Crippen LogP contribution in [0.5, 0.6) is 0 Å². The molecule has 3 rings (SSSR count). The number of aryl methyl sites for hydroxylation is 2. The van der Waals surface area contributed by atoms with Crippen molar-refractivity contribution in [2.75, 3.05) is 18.9 Å². The highest BCUT2D eigenvalue weighted by atomic mass is 16.2. The van der Waals surface area contributed by atoms with Crippen molar-refractivity contribution < 1.29 is 4.79 Å². The summed E-state index contributed by atoms with van der Waals surface area (Å²) >= 11 is 0. The first kappa shape index (κ1) is 15.5. The van der Waals surface area contributed by atoms with Crippen molar-refractivity contribution in [1.82, 2.24) is 25.1 Å². The van der Waals surface area contributed by atoms with Gasteiger partial charge in [-0.3, -0.25) is 14.9 Å². The lowest BCUT2D eigenvalue weighted by Crippen LogP contribution is -2.32. The van der Waals surface area contributed by atoms with Gasteiger partial charge < -0.3 is 10.2 Å². The molecule has 7 nitrogen and oxygen atoms in total. The van der Waals surface area contributed by atoms with Crippen molar-refractivity contribution >= 4 is 11.7 Å². The summed E-state index contributed by atoms with van der Waals surface area (Å²) in [6, 6.07) is 0.0100. The predicted octanol–water partition coefficient (Wildman–Crippen LogP) is 1.76. The first-order chi connectivity index (χ1) is 11.1. The van der Waals surface area contributed by atoms with Crippen LogP contribution in [-0.2, 0) is 11.2 Å². The molecule has 0 aliphatic carbocycles. The van der Waals surface area contributed by atoms with E-state index in [1.165, 1.54) is 0 Å². The maximum absolute atomic E-state index is 12.8. The van der Waals surface area contributed by atoms with E-state index in [4.69, 9.17) is 0 Å². The van der Waals surface area contributed by atoms with E-state index in [2.05, 4.69) is 25.5 Å². The second-order valence-corrected chi connectivity index (χ2v) is 5.91. The largest absolute Gasteiger partial charge is 0.372 e. The fraction of sp³-hybridized carbons (Fsp3) is 0.500. The number of nitrogens with zero attached hydrogens (tertiary/aromatic N) is 4. The Kier molecular flexibility index (Phi) is 4.27. The van der Waals surface area contributed by atoms with E-state index in [0.29, 0.717) is 6.42 Å². The van der Waals surface area contributed by atoms with Gasteiger partial charge in [0, 0.05) is 24.8 Å². The van der Waals surface area contributed by atoms with Crippen LogP contribution in [0.2, 0.25) is 0 Å². The summed E-state index contributed by atoms with van der Waals surface area (Å²) in [4.78, 5) is 23.5. The second-order valence-electron chi connectivity index (χ2n) is 5.91. The normalized spacial score (nSPS) is 17.5. The number of carbonyl (C=O) groups excluding carboxylic acids is 1. The van der Waals surface area contributed by atoms with Crippen LogP contribution in [0.15, 0.2) is 12.4 Å². The second kappa shape index (κ2) is 6.36. The number of H-pyrrole nitrogens is 1. The Bertz CT molecular complexity index is 691. The number of anilines is 1. The number of hydrogen-bond donors (Lipinski definition) is 2. The molecule has 122 valence electrons. The number of aromatic nitrogens is 4. The predicted molar refractivity (Wildman–Crippen MR) is 87.0 cm³/mol. The Morgan fingerprint density at radius 1 is 1.43 bits per heavy atom. The van der Waals surface area contributed by atoms with Gasteiger partial charge in [0.1, 0.15) is 5.82 Å². The monoisotopic (exact) mass is 314 g/mol. The van der Waals surface area contributed by atoms with Gasteiger partial charge >= 0.3 is 0 Å². The highest BCUT2D eigenvalue weighted by molar-refractivity contribution is 5.80. The zero-order chi connectivity index (χ0) is 16.4. The van der Waals surface area contributed by atoms with E-state index < -0.39 is 0 Å². The Morgan fingerprint density at radius 3 is 2.96 bits per heavy atom. The molecule has 0 aromatic carbocycles. The first-order valence-electron chi connectivity index (χ1n) is 7.89. The number of likely N-dealkylation sites (tertiary alicyclic amines) is 1. The zero-order valence-electron chi connectivity index (χ0n) is 13.8. The summed E-state index contributed by atoms with van der Waals surface area (Å²) in [7, 11) is 1.82. The molecule has 1 saturated heterocycles. The maximum Gasteiger partial charge on any atom is 0.227 e. The Hall–Kier alpha value is -2.44. The van der Waals surface area contributed by atoms with Gasteiger partial charge in [0.25, 0.3) is 0 Å². The number of amides is 1. The molecule has 0 radical (unpaired) electrons. The highest BCUT2D eigenvalue weighted by Gasteiger charge is 2.31. The molecule has 0 bridgehead atoms. The maximum atomic E-state index is 12.8. The van der Waals surface area contributed by atoms with Crippen LogP contribution in [0, 0.1) is 13.8 Å². The van der Waals surface area contributed by atoms with E-state index in [9.17, 15) is 4.79 Å². The molecule has 1 aliphatic rings. The van der Waals surface area contributed by atoms with Crippen molar-refractivity contribution in [2.45, 2.75) is 39.2 Å². The smallest absolute Gasteiger partial charge is 0.227 e. The molecule has 23 heavy (non-hydrogen) atoms. The van der Waals surface area contributed by atoms with Gasteiger partial charge in [0.15, 0.2) is 0 Å². The SMILES string of the molecule is CNc1cncc([C@H]2CCCN2C(=O)Cc2c(C)n[nH]c2C)n1. The van der Waals surface area contributed by atoms with Crippen LogP contribution < -0.4 is 5.32 Å². The number of carbonyl (C=O) groups is 1. The summed E-state index contributed by atoms with van der Waals surface area (Å²) in [6.07, 6.45) is 5.74. The molecule has 2 aromatic heterocycles. The lowest BCUT2D eigenvalue weighted by molar-refractivity contribution is -0.131. The van der Waals surface area contributed by atoms with Gasteiger partial charge in [-0.15, -0.1) is 0 Å². The number of hydrogen-bond acceptors (Lipinski definition) is 5. The summed E-state index contributed by atoms with van der Waals surface area (Å²) in [5.41, 5.74) is 3.70. The van der Waals surface area contributed by atoms with Crippen LogP contribution in [-0.4, -0.2) is 44.6 Å². The van der Waals surface area contributed by atoms with Gasteiger partial charge in [-0.25, -0.2) is 4.98 Å². The molecule has 1 amide bonds. The van der Waals surface area contributed by atoms with Crippen molar-refractivity contribution in [1.29, 1.82) is 0 Å². The lowest BCUT2D eigenvalue weighted by atomic mass is 10.1. The van der Waals surface area contributed by atoms with Gasteiger partial charge in [-0.05, 0) is 26.7 Å². The van der Waals surface area contributed by atoms with Crippen molar-refractivity contribution in [2.24, 2.45) is 0 Å². The van der Waals surface area contributed by atoms with E-state index in [-0.39, 0.29) is 11.9 Å². The van der Waals surface area contributed by atoms with E-state index in [0.717, 1.165) is 47.8 Å². The molecule has 3 heterocycles. The molecule has 1 aliphatic heterocycles. The summed E-state index contributed by atoms with van der Waals surface area (Å²) in [5, 5.41) is 10.1. The van der Waals surface area contributed by atoms with Crippen molar-refractivity contribution in [3.8, 4) is 0 Å². The number of rotatable bonds is 4.